The molecule has 0 saturated carbocycles. The lowest BCUT2D eigenvalue weighted by atomic mass is 9.83. The number of carboxylic acid groups (broad SMARTS) is 1. The van der Waals surface area contributed by atoms with Crippen LogP contribution in [0.4, 0.5) is 0 Å². The summed E-state index contributed by atoms with van der Waals surface area (Å²) in [5.41, 5.74) is 0.851. The monoisotopic (exact) mass is 744 g/mol. The van der Waals surface area contributed by atoms with Gasteiger partial charge in [-0.15, -0.1) is 0 Å². The highest BCUT2D eigenvalue weighted by atomic mass is 16.5. The predicted molar refractivity (Wildman–Crippen MR) is 207 cm³/mol. The normalized spacial score (nSPS) is 19.4. The average Bonchev–Trinajstić information content (AvgIpc) is 3.59. The zero-order valence-electron chi connectivity index (χ0n) is 34.5. The van der Waals surface area contributed by atoms with Gasteiger partial charge in [-0.05, 0) is 56.7 Å². The molecule has 2 rings (SSSR count). The zero-order chi connectivity index (χ0) is 40.2. The number of likely N-dealkylation sites (tertiary alicyclic amines) is 1. The van der Waals surface area contributed by atoms with E-state index in [1.54, 1.807) is 30.9 Å². The molecule has 2 unspecified atom stereocenters. The summed E-state index contributed by atoms with van der Waals surface area (Å²) in [4.78, 5) is 73.1. The second-order valence-electron chi connectivity index (χ2n) is 16.2. The van der Waals surface area contributed by atoms with Crippen molar-refractivity contribution in [3.8, 4) is 0 Å². The van der Waals surface area contributed by atoms with Crippen molar-refractivity contribution >= 4 is 29.4 Å². The number of ether oxygens (including phenoxy) is 2. The Kier molecular flexibility index (Phi) is 18.8. The Morgan fingerprint density at radius 3 is 1.98 bits per heavy atom. The smallest absolute Gasteiger partial charge is 0.307 e. The molecule has 0 spiro atoms. The number of methoxy groups -OCH3 is 2. The third kappa shape index (κ3) is 12.4. The standard InChI is InChI=1S/C42H69N3O8/c1-13-28(6)39(44(10)41(49)32(26(2)3)24-35(47)38(27(4)5)43(8)9)36(52-11)25-37(48)45-21-17-20-33(45)40(53-12)29(7)34(46)23-31(42(50)51)22-30-18-15-14-16-19-30/h14-16,18-19,26-29,31-33,36,38-40H,13,17,20-25H2,1-12H3,(H,50,51)/t28?,29-,31+,32-,33-,36?,38-,39-,40+/m0/s1. The molecule has 9 atom stereocenters. The van der Waals surface area contributed by atoms with Crippen LogP contribution in [0.5, 0.6) is 0 Å². The van der Waals surface area contributed by atoms with Gasteiger partial charge < -0.3 is 24.4 Å². The fourth-order valence-corrected chi connectivity index (χ4v) is 8.38. The molecular formula is C42H69N3O8. The molecule has 11 nitrogen and oxygen atoms in total. The maximum absolute atomic E-state index is 14.3. The molecule has 1 saturated heterocycles. The minimum atomic E-state index is -1.02. The first-order valence-corrected chi connectivity index (χ1v) is 19.5. The van der Waals surface area contributed by atoms with Gasteiger partial charge in [0.1, 0.15) is 5.78 Å². The van der Waals surface area contributed by atoms with E-state index in [-0.39, 0.29) is 78.9 Å². The lowest BCUT2D eigenvalue weighted by molar-refractivity contribution is -0.149. The Hall–Kier alpha value is -3.15. The molecule has 1 aromatic rings. The topological polar surface area (TPSA) is 134 Å². The third-order valence-corrected chi connectivity index (χ3v) is 11.5. The van der Waals surface area contributed by atoms with Crippen LogP contribution in [0.3, 0.4) is 0 Å². The minimum absolute atomic E-state index is 0.00721. The number of Topliss-reactive ketones (excluding diaryl/α,β-unsaturated/α-hetero) is 2. The molecule has 1 fully saturated rings. The van der Waals surface area contributed by atoms with E-state index >= 15 is 0 Å². The number of hydrogen-bond acceptors (Lipinski definition) is 8. The summed E-state index contributed by atoms with van der Waals surface area (Å²) in [6.07, 6.45) is 1.17. The van der Waals surface area contributed by atoms with Crippen LogP contribution in [-0.2, 0) is 39.9 Å². The van der Waals surface area contributed by atoms with Crippen molar-refractivity contribution in [3.63, 3.8) is 0 Å². The number of aliphatic carboxylic acids is 1. The number of amides is 2. The van der Waals surface area contributed by atoms with Crippen LogP contribution in [0.15, 0.2) is 30.3 Å². The Morgan fingerprint density at radius 2 is 1.49 bits per heavy atom. The summed E-state index contributed by atoms with van der Waals surface area (Å²) in [6, 6.07) is 8.18. The fraction of sp³-hybridized carbons (Fsp3) is 0.738. The van der Waals surface area contributed by atoms with E-state index in [1.807, 2.05) is 83.9 Å². The summed E-state index contributed by atoms with van der Waals surface area (Å²) < 4.78 is 11.9. The van der Waals surface area contributed by atoms with Crippen LogP contribution in [-0.4, -0.2) is 121 Å². The summed E-state index contributed by atoms with van der Waals surface area (Å²) in [6.45, 7) is 14.3. The molecule has 1 aliphatic heterocycles. The van der Waals surface area contributed by atoms with Crippen LogP contribution in [0.25, 0.3) is 0 Å². The Morgan fingerprint density at radius 1 is 0.868 bits per heavy atom. The zero-order valence-corrected chi connectivity index (χ0v) is 34.5. The quantitative estimate of drug-likeness (QED) is 0.152. The Balaban J connectivity index is 2.27. The van der Waals surface area contributed by atoms with Crippen molar-refractivity contribution in [2.24, 2.45) is 35.5 Å². The highest BCUT2D eigenvalue weighted by Crippen LogP contribution is 2.32. The SMILES string of the molecule is CCC(C)[C@@H](C(CC(=O)N1CCC[C@H]1[C@H](OC)[C@@H](C)C(=O)C[C@@H](Cc1ccccc1)C(=O)O)OC)N(C)C(=O)[C@@H](CC(=O)[C@H](C(C)C)N(C)C)C(C)C. The molecule has 1 aliphatic rings. The predicted octanol–water partition coefficient (Wildman–Crippen LogP) is 5.63. The molecule has 2 amide bonds. The van der Waals surface area contributed by atoms with Crippen LogP contribution in [0, 0.1) is 35.5 Å². The van der Waals surface area contributed by atoms with Gasteiger partial charge in [0.2, 0.25) is 11.8 Å². The van der Waals surface area contributed by atoms with Gasteiger partial charge in [0.15, 0.2) is 5.78 Å². The minimum Gasteiger partial charge on any atom is -0.481 e. The Labute approximate surface area is 319 Å². The van der Waals surface area contributed by atoms with Crippen molar-refractivity contribution in [3.05, 3.63) is 35.9 Å². The van der Waals surface area contributed by atoms with Gasteiger partial charge in [-0.1, -0.05) is 85.2 Å². The second kappa shape index (κ2) is 21.7. The summed E-state index contributed by atoms with van der Waals surface area (Å²) in [7, 11) is 8.63. The summed E-state index contributed by atoms with van der Waals surface area (Å²) in [5.74, 6) is -3.49. The number of carbonyl (C=O) groups excluding carboxylic acids is 4. The van der Waals surface area contributed by atoms with Crippen molar-refractivity contribution in [1.82, 2.24) is 14.7 Å². The molecular weight excluding hydrogens is 674 g/mol. The van der Waals surface area contributed by atoms with E-state index in [0.717, 1.165) is 18.4 Å². The number of likely N-dealkylation sites (N-methyl/N-ethyl adjacent to an activating group) is 2. The molecule has 11 heteroatoms. The molecule has 1 heterocycles. The number of carboxylic acids is 1. The number of ketones is 2. The van der Waals surface area contributed by atoms with E-state index in [4.69, 9.17) is 9.47 Å². The van der Waals surface area contributed by atoms with Crippen molar-refractivity contribution in [2.75, 3.05) is 41.9 Å². The van der Waals surface area contributed by atoms with E-state index in [1.165, 1.54) is 7.11 Å². The highest BCUT2D eigenvalue weighted by Gasteiger charge is 2.43. The van der Waals surface area contributed by atoms with Crippen molar-refractivity contribution in [2.45, 2.75) is 124 Å². The molecule has 0 radical (unpaired) electrons. The number of rotatable bonds is 23. The first kappa shape index (κ1) is 46.0. The second-order valence-corrected chi connectivity index (χ2v) is 16.2. The number of nitrogens with zero attached hydrogens (tertiary/aromatic N) is 3. The number of hydrogen-bond donors (Lipinski definition) is 1. The van der Waals surface area contributed by atoms with Gasteiger partial charge in [-0.2, -0.15) is 0 Å². The molecule has 1 N–H and O–H groups in total. The van der Waals surface area contributed by atoms with Crippen LogP contribution < -0.4 is 0 Å². The van der Waals surface area contributed by atoms with E-state index in [2.05, 4.69) is 6.92 Å². The van der Waals surface area contributed by atoms with Gasteiger partial charge in [0.25, 0.3) is 0 Å². The molecule has 0 bridgehead atoms. The Bertz CT molecular complexity index is 1330. The number of carbonyl (C=O) groups is 5. The van der Waals surface area contributed by atoms with Gasteiger partial charge in [-0.25, -0.2) is 0 Å². The van der Waals surface area contributed by atoms with Crippen LogP contribution in [0.2, 0.25) is 0 Å². The maximum atomic E-state index is 14.3. The molecule has 0 aromatic heterocycles. The molecule has 0 aliphatic carbocycles. The van der Waals surface area contributed by atoms with Crippen molar-refractivity contribution < 1.29 is 38.6 Å². The van der Waals surface area contributed by atoms with E-state index in [9.17, 15) is 29.1 Å². The third-order valence-electron chi connectivity index (χ3n) is 11.5. The molecule has 300 valence electrons. The van der Waals surface area contributed by atoms with E-state index < -0.39 is 42.0 Å². The van der Waals surface area contributed by atoms with Crippen molar-refractivity contribution in [1.29, 1.82) is 0 Å². The average molecular weight is 744 g/mol. The lowest BCUT2D eigenvalue weighted by Crippen LogP contribution is -2.54. The largest absolute Gasteiger partial charge is 0.481 e. The maximum Gasteiger partial charge on any atom is 0.307 e. The molecule has 53 heavy (non-hydrogen) atoms. The van der Waals surface area contributed by atoms with E-state index in [0.29, 0.717) is 13.0 Å². The van der Waals surface area contributed by atoms with Gasteiger partial charge in [0.05, 0.1) is 42.7 Å². The lowest BCUT2D eigenvalue weighted by Gasteiger charge is -2.41. The van der Waals surface area contributed by atoms with Crippen LogP contribution >= 0.6 is 0 Å². The number of benzene rings is 1. The van der Waals surface area contributed by atoms with Gasteiger partial charge >= 0.3 is 5.97 Å². The summed E-state index contributed by atoms with van der Waals surface area (Å²) in [5, 5.41) is 9.94. The van der Waals surface area contributed by atoms with Crippen LogP contribution in [0.1, 0.15) is 92.6 Å². The highest BCUT2D eigenvalue weighted by molar-refractivity contribution is 5.90. The van der Waals surface area contributed by atoms with Gasteiger partial charge in [-0.3, -0.25) is 28.9 Å². The summed E-state index contributed by atoms with van der Waals surface area (Å²) >= 11 is 0. The first-order chi connectivity index (χ1) is 24.9. The first-order valence-electron chi connectivity index (χ1n) is 19.5. The van der Waals surface area contributed by atoms with Gasteiger partial charge in [0, 0.05) is 52.5 Å². The fourth-order valence-electron chi connectivity index (χ4n) is 8.38. The molecule has 1 aromatic carbocycles.